The number of benzene rings is 2. The highest BCUT2D eigenvalue weighted by Crippen LogP contribution is 2.44. The molecule has 5 heterocycles. The minimum Gasteiger partial charge on any atom is -0.468 e. The highest BCUT2D eigenvalue weighted by molar-refractivity contribution is 6.01. The fourth-order valence-electron chi connectivity index (χ4n) is 8.38. The number of anilines is 1. The van der Waals surface area contributed by atoms with Gasteiger partial charge in [0.05, 0.1) is 16.5 Å². The van der Waals surface area contributed by atoms with Gasteiger partial charge in [-0.3, -0.25) is 9.88 Å². The average Bonchev–Trinajstić information content (AvgIpc) is 3.71. The number of ether oxygens (including phenoxy) is 4. The number of piperidine rings is 1. The molecule has 0 radical (unpaired) electrons. The molecule has 0 unspecified atom stereocenters. The molecular weight excluding hydrogens is 674 g/mol. The number of rotatable bonds is 11. The van der Waals surface area contributed by atoms with Crippen LogP contribution in [0.15, 0.2) is 30.5 Å². The van der Waals surface area contributed by atoms with E-state index in [0.29, 0.717) is 64.7 Å². The van der Waals surface area contributed by atoms with Crippen molar-refractivity contribution in [1.82, 2.24) is 25.2 Å². The number of nitrogens with zero attached hydrogens (tertiary/aromatic N) is 5. The van der Waals surface area contributed by atoms with E-state index in [0.717, 1.165) is 32.2 Å². The van der Waals surface area contributed by atoms with E-state index in [1.54, 1.807) is 31.3 Å². The largest absolute Gasteiger partial charge is 0.468 e. The van der Waals surface area contributed by atoms with Crippen molar-refractivity contribution in [2.75, 3.05) is 58.7 Å². The standard InChI is InChI=1S/C38H46F2N6O6/c1-5-26-29(39)9-8-23-16-25(52-22-49-4)17-27(30(23)26)32-31(40)33-28(18-42-32)34(45-14-6-11-37(2,48)20-45)44-35(43-33)51-21-38-12-7-15-46(38)24(10-13-38)19-50-36(47)41-3/h8-9,16-18,24,48H,5-7,10-15,19-22H2,1-4H3,(H,41,47)/t24-,37+,38-/m0/s1. The van der Waals surface area contributed by atoms with Crippen LogP contribution in [0.5, 0.6) is 11.8 Å². The number of pyridine rings is 1. The third kappa shape index (κ3) is 6.79. The van der Waals surface area contributed by atoms with Crippen LogP contribution >= 0.6 is 0 Å². The zero-order valence-corrected chi connectivity index (χ0v) is 30.1. The van der Waals surface area contributed by atoms with Crippen LogP contribution in [0.4, 0.5) is 19.4 Å². The summed E-state index contributed by atoms with van der Waals surface area (Å²) in [5, 5.41) is 15.1. The van der Waals surface area contributed by atoms with Crippen molar-refractivity contribution in [2.45, 2.75) is 76.0 Å². The van der Waals surface area contributed by atoms with Gasteiger partial charge in [0.25, 0.3) is 0 Å². The molecule has 0 bridgehead atoms. The van der Waals surface area contributed by atoms with Gasteiger partial charge in [-0.25, -0.2) is 13.6 Å². The molecular formula is C38H46F2N6O6. The molecule has 3 aliphatic heterocycles. The van der Waals surface area contributed by atoms with Crippen molar-refractivity contribution in [2.24, 2.45) is 0 Å². The first-order valence-electron chi connectivity index (χ1n) is 18.0. The van der Waals surface area contributed by atoms with E-state index >= 15 is 8.78 Å². The van der Waals surface area contributed by atoms with Gasteiger partial charge in [0.1, 0.15) is 41.8 Å². The van der Waals surface area contributed by atoms with Gasteiger partial charge in [-0.1, -0.05) is 13.0 Å². The van der Waals surface area contributed by atoms with Crippen LogP contribution in [-0.2, 0) is 15.9 Å². The van der Waals surface area contributed by atoms with Crippen LogP contribution in [0.1, 0.15) is 57.9 Å². The second kappa shape index (κ2) is 14.6. The molecule has 14 heteroatoms. The second-order valence-electron chi connectivity index (χ2n) is 14.4. The molecule has 0 spiro atoms. The number of alkyl carbamates (subject to hydrolysis) is 1. The fourth-order valence-corrected chi connectivity index (χ4v) is 8.38. The summed E-state index contributed by atoms with van der Waals surface area (Å²) in [6, 6.07) is 6.54. The number of aromatic nitrogens is 3. The lowest BCUT2D eigenvalue weighted by molar-refractivity contribution is 0.0445. The molecule has 3 fully saturated rings. The Morgan fingerprint density at radius 1 is 1.12 bits per heavy atom. The number of halogens is 2. The van der Waals surface area contributed by atoms with Gasteiger partial charge in [0.15, 0.2) is 12.6 Å². The zero-order chi connectivity index (χ0) is 36.6. The van der Waals surface area contributed by atoms with E-state index < -0.39 is 23.3 Å². The number of carbonyl (C=O) groups excluding carboxylic acids is 1. The van der Waals surface area contributed by atoms with Gasteiger partial charge in [-0.05, 0) is 92.9 Å². The quantitative estimate of drug-likeness (QED) is 0.184. The van der Waals surface area contributed by atoms with Crippen molar-refractivity contribution in [1.29, 1.82) is 0 Å². The lowest BCUT2D eigenvalue weighted by Gasteiger charge is -2.38. The van der Waals surface area contributed by atoms with Gasteiger partial charge >= 0.3 is 12.1 Å². The number of methoxy groups -OCH3 is 1. The van der Waals surface area contributed by atoms with Crippen LogP contribution in [0.25, 0.3) is 32.9 Å². The predicted molar refractivity (Wildman–Crippen MR) is 192 cm³/mol. The summed E-state index contributed by atoms with van der Waals surface area (Å²) in [7, 11) is 3.04. The third-order valence-electron chi connectivity index (χ3n) is 10.8. The van der Waals surface area contributed by atoms with Crippen LogP contribution in [0, 0.1) is 11.6 Å². The summed E-state index contributed by atoms with van der Waals surface area (Å²) in [6.07, 6.45) is 6.35. The van der Waals surface area contributed by atoms with Crippen molar-refractivity contribution in [3.63, 3.8) is 0 Å². The molecule has 2 aromatic heterocycles. The maximum atomic E-state index is 17.2. The van der Waals surface area contributed by atoms with Gasteiger partial charge < -0.3 is 34.3 Å². The van der Waals surface area contributed by atoms with Gasteiger partial charge in [0, 0.05) is 45.0 Å². The first-order chi connectivity index (χ1) is 25.1. The Kier molecular flexibility index (Phi) is 10.1. The van der Waals surface area contributed by atoms with Gasteiger partial charge in [-0.15, -0.1) is 0 Å². The van der Waals surface area contributed by atoms with E-state index in [9.17, 15) is 9.90 Å². The average molecular weight is 721 g/mol. The molecule has 12 nitrogen and oxygen atoms in total. The molecule has 2 N–H and O–H groups in total. The first-order valence-corrected chi connectivity index (χ1v) is 18.0. The number of hydrogen-bond donors (Lipinski definition) is 2. The number of β-amino-alcohol motifs (C(OH)–C–C–N with tert-alkyl or cyclic N) is 1. The predicted octanol–water partition coefficient (Wildman–Crippen LogP) is 5.75. The maximum absolute atomic E-state index is 17.2. The third-order valence-corrected chi connectivity index (χ3v) is 10.8. The number of carbonyl (C=O) groups is 1. The van der Waals surface area contributed by atoms with E-state index in [-0.39, 0.29) is 55.4 Å². The van der Waals surface area contributed by atoms with Crippen LogP contribution in [0.3, 0.4) is 0 Å². The number of hydrogen-bond acceptors (Lipinski definition) is 11. The smallest absolute Gasteiger partial charge is 0.406 e. The van der Waals surface area contributed by atoms with Crippen LogP contribution < -0.4 is 19.7 Å². The molecule has 278 valence electrons. The highest BCUT2D eigenvalue weighted by Gasteiger charge is 2.50. The number of aliphatic hydroxyl groups is 1. The van der Waals surface area contributed by atoms with Crippen molar-refractivity contribution >= 4 is 33.6 Å². The van der Waals surface area contributed by atoms with Crippen molar-refractivity contribution < 1.29 is 37.6 Å². The van der Waals surface area contributed by atoms with Crippen molar-refractivity contribution in [3.05, 3.63) is 47.7 Å². The topological polar surface area (TPSA) is 131 Å². The van der Waals surface area contributed by atoms with Crippen LogP contribution in [-0.4, -0.2) is 102 Å². The normalized spacial score (nSPS) is 23.3. The molecule has 7 rings (SSSR count). The first kappa shape index (κ1) is 36.0. The minimum absolute atomic E-state index is 0.00471. The maximum Gasteiger partial charge on any atom is 0.406 e. The Morgan fingerprint density at radius 3 is 2.71 bits per heavy atom. The van der Waals surface area contributed by atoms with Crippen LogP contribution in [0.2, 0.25) is 0 Å². The minimum atomic E-state index is -0.969. The number of fused-ring (bicyclic) bond motifs is 3. The number of nitrogens with one attached hydrogen (secondary N) is 1. The summed E-state index contributed by atoms with van der Waals surface area (Å²) in [5.74, 6) is -0.267. The Labute approximate surface area is 301 Å². The monoisotopic (exact) mass is 720 g/mol. The number of amides is 1. The van der Waals surface area contributed by atoms with E-state index in [1.165, 1.54) is 20.2 Å². The SMILES string of the molecule is CCc1c(F)ccc2cc(OCOC)cc(-c3ncc4c(N5CCC[C@@](C)(O)C5)nc(OC[C@@]56CCCN5[C@H](COC(=O)NC)CC6)nc4c3F)c12. The zero-order valence-electron chi connectivity index (χ0n) is 30.1. The Bertz CT molecular complexity index is 1980. The lowest BCUT2D eigenvalue weighted by atomic mass is 9.94. The molecule has 2 aromatic carbocycles. The number of aryl methyl sites for hydroxylation is 1. The van der Waals surface area contributed by atoms with E-state index in [1.807, 2.05) is 11.8 Å². The molecule has 4 aromatic rings. The Balaban J connectivity index is 1.31. The van der Waals surface area contributed by atoms with Gasteiger partial charge in [-0.2, -0.15) is 9.97 Å². The van der Waals surface area contributed by atoms with Gasteiger partial charge in [0.2, 0.25) is 0 Å². The summed E-state index contributed by atoms with van der Waals surface area (Å²) in [5.41, 5.74) is -0.481. The molecule has 0 saturated carbocycles. The second-order valence-corrected chi connectivity index (χ2v) is 14.4. The lowest BCUT2D eigenvalue weighted by Crippen LogP contribution is -2.48. The summed E-state index contributed by atoms with van der Waals surface area (Å²) < 4.78 is 55.1. The summed E-state index contributed by atoms with van der Waals surface area (Å²) in [6.45, 7) is 5.89. The molecule has 3 aliphatic rings. The Hall–Kier alpha value is -4.40. The fraction of sp³-hybridized carbons (Fsp3) is 0.526. The summed E-state index contributed by atoms with van der Waals surface area (Å²) >= 11 is 0. The van der Waals surface area contributed by atoms with E-state index in [4.69, 9.17) is 23.9 Å². The molecule has 1 amide bonds. The summed E-state index contributed by atoms with van der Waals surface area (Å²) in [4.78, 5) is 30.2. The molecule has 3 saturated heterocycles. The molecule has 0 aliphatic carbocycles. The van der Waals surface area contributed by atoms with E-state index in [2.05, 4.69) is 20.2 Å². The Morgan fingerprint density at radius 2 is 1.94 bits per heavy atom. The molecule has 52 heavy (non-hydrogen) atoms. The molecule has 3 atom stereocenters. The highest BCUT2D eigenvalue weighted by atomic mass is 19.1. The van der Waals surface area contributed by atoms with Crippen molar-refractivity contribution in [3.8, 4) is 23.0 Å².